The molecular formula is C40H60N2Ni. The Labute approximate surface area is 275 Å². The molecule has 0 aromatic heterocycles. The maximum absolute atomic E-state index is 11.6. The molecule has 1 heterocycles. The Kier molecular flexibility index (Phi) is 19.5. The van der Waals surface area contributed by atoms with Gasteiger partial charge in [-0.25, -0.2) is 4.70 Å². The van der Waals surface area contributed by atoms with Crippen molar-refractivity contribution in [3.63, 3.8) is 0 Å². The van der Waals surface area contributed by atoms with Gasteiger partial charge in [0, 0.05) is 39.3 Å². The largest absolute Gasteiger partial charge is 0.493 e. The molecule has 0 bridgehead atoms. The van der Waals surface area contributed by atoms with Crippen molar-refractivity contribution in [1.29, 1.82) is 0 Å². The summed E-state index contributed by atoms with van der Waals surface area (Å²) in [6.45, 7) is 6.83. The first-order chi connectivity index (χ1) is 20.7. The maximum Gasteiger partial charge on any atom is 0.210 e. The summed E-state index contributed by atoms with van der Waals surface area (Å²) in [5.41, 5.74) is 19.8. The van der Waals surface area contributed by atoms with Gasteiger partial charge in [-0.1, -0.05) is 141 Å². The summed E-state index contributed by atoms with van der Waals surface area (Å²) in [5.74, 6) is 0. The third-order valence-corrected chi connectivity index (χ3v) is 8.94. The van der Waals surface area contributed by atoms with Crippen molar-refractivity contribution >= 4 is 11.4 Å². The Morgan fingerprint density at radius 1 is 0.512 bits per heavy atom. The van der Waals surface area contributed by atoms with Gasteiger partial charge in [0.1, 0.15) is 0 Å². The fourth-order valence-electron chi connectivity index (χ4n) is 6.29. The fourth-order valence-corrected chi connectivity index (χ4v) is 6.29. The minimum atomic E-state index is 0. The monoisotopic (exact) mass is 626 g/mol. The van der Waals surface area contributed by atoms with Gasteiger partial charge in [-0.2, -0.15) is 0 Å². The van der Waals surface area contributed by atoms with Crippen LogP contribution >= 0.6 is 0 Å². The van der Waals surface area contributed by atoms with E-state index in [0.717, 1.165) is 41.8 Å². The van der Waals surface area contributed by atoms with Gasteiger partial charge in [0.2, 0.25) is 11.4 Å². The molecule has 0 aliphatic carbocycles. The van der Waals surface area contributed by atoms with E-state index >= 15 is 0 Å². The molecule has 3 rings (SSSR count). The molecule has 2 nitrogen and oxygen atoms in total. The van der Waals surface area contributed by atoms with Crippen LogP contribution in [0.5, 0.6) is 0 Å². The summed E-state index contributed by atoms with van der Waals surface area (Å²) in [5, 5.41) is 0. The van der Waals surface area contributed by atoms with Gasteiger partial charge in [0.15, 0.2) is 0 Å². The predicted octanol–water partition coefficient (Wildman–Crippen LogP) is 13.0. The average molecular weight is 628 g/mol. The number of hydrogen-bond donors (Lipinski definition) is 0. The maximum atomic E-state index is 11.6. The molecule has 0 unspecified atom stereocenters. The zero-order valence-electron chi connectivity index (χ0n) is 27.8. The Hall–Kier alpha value is -1.99. The third-order valence-electron chi connectivity index (χ3n) is 8.94. The fraction of sp³-hybridized carbons (Fsp3) is 0.600. The molecule has 0 spiro atoms. The van der Waals surface area contributed by atoms with Crippen LogP contribution in [0.3, 0.4) is 0 Å². The molecule has 0 saturated carbocycles. The van der Waals surface area contributed by atoms with Gasteiger partial charge in [0.05, 0.1) is 0 Å². The molecule has 3 heteroatoms. The molecule has 1 aliphatic rings. The number of hydrogen-bond acceptors (Lipinski definition) is 0. The molecule has 0 amide bonds. The quantitative estimate of drug-likeness (QED) is 0.0666. The Bertz CT molecular complexity index is 1110. The van der Waals surface area contributed by atoms with E-state index in [1.165, 1.54) is 137 Å². The van der Waals surface area contributed by atoms with Crippen LogP contribution in [-0.4, -0.2) is 4.70 Å². The van der Waals surface area contributed by atoms with Gasteiger partial charge in [-0.15, -0.1) is 0 Å². The summed E-state index contributed by atoms with van der Waals surface area (Å²) < 4.78 is 1.49. The van der Waals surface area contributed by atoms with Crippen molar-refractivity contribution in [2.75, 3.05) is 0 Å². The van der Waals surface area contributed by atoms with Crippen molar-refractivity contribution in [3.05, 3.63) is 88.0 Å². The van der Waals surface area contributed by atoms with Crippen molar-refractivity contribution in [2.24, 2.45) is 0 Å². The van der Waals surface area contributed by atoms with E-state index in [1.54, 1.807) is 0 Å². The van der Waals surface area contributed by atoms with E-state index in [-0.39, 0.29) is 16.5 Å². The SMILES string of the molecule is CCCCCCCCC1=C(c2cccc(CCCCCCCC)c2)[N+](=[N-])C(c2ccc(CCCCCCCC)cc2)=C1.[Ni]. The van der Waals surface area contributed by atoms with Crippen LogP contribution in [0.15, 0.2) is 60.2 Å². The molecule has 2 aromatic rings. The third kappa shape index (κ3) is 13.3. The minimum absolute atomic E-state index is 0. The minimum Gasteiger partial charge on any atom is -0.493 e. The van der Waals surface area contributed by atoms with Gasteiger partial charge in [-0.3, -0.25) is 0 Å². The Morgan fingerprint density at radius 2 is 1.00 bits per heavy atom. The Morgan fingerprint density at radius 3 is 1.56 bits per heavy atom. The first kappa shape index (κ1) is 37.2. The van der Waals surface area contributed by atoms with Gasteiger partial charge < -0.3 is 5.53 Å². The van der Waals surface area contributed by atoms with E-state index < -0.39 is 0 Å². The molecule has 0 radical (unpaired) electrons. The zero-order valence-corrected chi connectivity index (χ0v) is 28.7. The number of benzene rings is 2. The van der Waals surface area contributed by atoms with Crippen LogP contribution in [-0.2, 0) is 29.3 Å². The predicted molar refractivity (Wildman–Crippen MR) is 184 cm³/mol. The second kappa shape index (κ2) is 22.5. The average Bonchev–Trinajstić information content (AvgIpc) is 3.34. The van der Waals surface area contributed by atoms with Crippen LogP contribution in [0.25, 0.3) is 16.9 Å². The van der Waals surface area contributed by atoms with E-state index in [0.29, 0.717) is 0 Å². The summed E-state index contributed by atoms with van der Waals surface area (Å²) in [4.78, 5) is 0. The number of aryl methyl sites for hydroxylation is 2. The normalized spacial score (nSPS) is 13.0. The van der Waals surface area contributed by atoms with Crippen molar-refractivity contribution < 1.29 is 21.2 Å². The summed E-state index contributed by atoms with van der Waals surface area (Å²) in [6, 6.07) is 17.9. The van der Waals surface area contributed by atoms with Gasteiger partial charge >= 0.3 is 0 Å². The van der Waals surface area contributed by atoms with Crippen LogP contribution in [0, 0.1) is 0 Å². The van der Waals surface area contributed by atoms with Crippen LogP contribution in [0.4, 0.5) is 0 Å². The molecule has 1 aliphatic heterocycles. The van der Waals surface area contributed by atoms with E-state index in [9.17, 15) is 5.53 Å². The molecule has 0 atom stereocenters. The summed E-state index contributed by atoms with van der Waals surface area (Å²) in [6.07, 6.45) is 29.1. The molecule has 43 heavy (non-hydrogen) atoms. The number of unbranched alkanes of at least 4 members (excludes halogenated alkanes) is 15. The van der Waals surface area contributed by atoms with Crippen molar-refractivity contribution in [1.82, 2.24) is 0 Å². The summed E-state index contributed by atoms with van der Waals surface area (Å²) >= 11 is 0. The van der Waals surface area contributed by atoms with E-state index in [4.69, 9.17) is 0 Å². The van der Waals surface area contributed by atoms with Crippen LogP contribution in [0.2, 0.25) is 0 Å². The van der Waals surface area contributed by atoms with Gasteiger partial charge in [0.25, 0.3) is 0 Å². The standard InChI is InChI=1S/C40H60N2.Ni/c1-4-7-10-13-16-19-23-34-28-30-36(31-29-34)39-33-38(26-21-18-15-12-9-6-3)40(42(39)41)37-27-22-25-35(32-37)24-20-17-14-11-8-5-2;/h22,25,27-33H,4-21,23-24,26H2,1-3H3;. The smallest absolute Gasteiger partial charge is 0.210 e. The van der Waals surface area contributed by atoms with E-state index in [2.05, 4.69) is 75.4 Å². The van der Waals surface area contributed by atoms with Crippen molar-refractivity contribution in [2.45, 2.75) is 156 Å². The molecule has 0 fully saturated rings. The molecule has 0 N–H and O–H groups in total. The molecule has 0 saturated heterocycles. The second-order valence-corrected chi connectivity index (χ2v) is 12.7. The first-order valence-electron chi connectivity index (χ1n) is 17.8. The van der Waals surface area contributed by atoms with Gasteiger partial charge in [-0.05, 0) is 73.9 Å². The zero-order chi connectivity index (χ0) is 29.8. The van der Waals surface area contributed by atoms with Crippen molar-refractivity contribution in [3.8, 4) is 0 Å². The topological polar surface area (TPSA) is 25.3 Å². The number of nitrogens with zero attached hydrogens (tertiary/aromatic N) is 2. The molecule has 2 aromatic carbocycles. The molecule has 240 valence electrons. The van der Waals surface area contributed by atoms with Crippen LogP contribution < -0.4 is 0 Å². The summed E-state index contributed by atoms with van der Waals surface area (Å²) in [7, 11) is 0. The number of allylic oxidation sites excluding steroid dienone is 2. The van der Waals surface area contributed by atoms with E-state index in [1.807, 2.05) is 0 Å². The first-order valence-corrected chi connectivity index (χ1v) is 17.8. The second-order valence-electron chi connectivity index (χ2n) is 12.7. The molecular weight excluding hydrogens is 567 g/mol. The van der Waals surface area contributed by atoms with Crippen LogP contribution in [0.1, 0.15) is 165 Å². The Balaban J connectivity index is 0.00000645. The number of rotatable bonds is 23.